The second-order valence-corrected chi connectivity index (χ2v) is 10.3. The van der Waals surface area contributed by atoms with Crippen molar-refractivity contribution in [2.45, 2.75) is 57.6 Å². The monoisotopic (exact) mass is 457 g/mol. The average Bonchev–Trinajstić information content (AvgIpc) is 3.22. The normalized spacial score (nSPS) is 20.9. The molecule has 0 aliphatic carbocycles. The SMILES string of the molecule is Cc1ccc(NC(=O)C2CCCN2S(=O)(=O)c2cc3c(cc2C)NC(=O)C(C)O3)cc1C. The first-order valence-corrected chi connectivity index (χ1v) is 12.0. The molecule has 32 heavy (non-hydrogen) atoms. The van der Waals surface area contributed by atoms with Gasteiger partial charge >= 0.3 is 0 Å². The van der Waals surface area contributed by atoms with Gasteiger partial charge in [0.2, 0.25) is 15.9 Å². The summed E-state index contributed by atoms with van der Waals surface area (Å²) in [6, 6.07) is 7.84. The second kappa shape index (κ2) is 8.22. The minimum absolute atomic E-state index is 0.0745. The maximum Gasteiger partial charge on any atom is 0.265 e. The average molecular weight is 458 g/mol. The molecular formula is C23H27N3O5S. The van der Waals surface area contributed by atoms with Crippen LogP contribution in [-0.4, -0.2) is 43.2 Å². The smallest absolute Gasteiger partial charge is 0.265 e. The number of nitrogens with one attached hydrogen (secondary N) is 2. The van der Waals surface area contributed by atoms with E-state index in [9.17, 15) is 18.0 Å². The topological polar surface area (TPSA) is 105 Å². The van der Waals surface area contributed by atoms with E-state index in [2.05, 4.69) is 10.6 Å². The number of anilines is 2. The first-order valence-electron chi connectivity index (χ1n) is 10.6. The van der Waals surface area contributed by atoms with E-state index in [-0.39, 0.29) is 23.3 Å². The number of hydrogen-bond acceptors (Lipinski definition) is 5. The van der Waals surface area contributed by atoms with Gasteiger partial charge in [-0.1, -0.05) is 6.07 Å². The Balaban J connectivity index is 1.62. The number of aryl methyl sites for hydroxylation is 3. The maximum absolute atomic E-state index is 13.6. The minimum Gasteiger partial charge on any atom is -0.479 e. The molecule has 0 spiro atoms. The van der Waals surface area contributed by atoms with Crippen LogP contribution in [0.4, 0.5) is 11.4 Å². The number of carbonyl (C=O) groups is 2. The molecular weight excluding hydrogens is 430 g/mol. The molecule has 2 aliphatic rings. The summed E-state index contributed by atoms with van der Waals surface area (Å²) >= 11 is 0. The van der Waals surface area contributed by atoms with E-state index in [0.717, 1.165) is 11.1 Å². The molecule has 0 aromatic heterocycles. The van der Waals surface area contributed by atoms with E-state index in [0.29, 0.717) is 35.5 Å². The Morgan fingerprint density at radius 3 is 2.59 bits per heavy atom. The van der Waals surface area contributed by atoms with Crippen molar-refractivity contribution in [3.63, 3.8) is 0 Å². The number of carbonyl (C=O) groups excluding carboxylic acids is 2. The van der Waals surface area contributed by atoms with Gasteiger partial charge in [0, 0.05) is 18.3 Å². The number of ether oxygens (including phenoxy) is 1. The zero-order valence-electron chi connectivity index (χ0n) is 18.6. The number of amides is 2. The third kappa shape index (κ3) is 3.98. The van der Waals surface area contributed by atoms with Gasteiger partial charge in [-0.15, -0.1) is 0 Å². The molecule has 170 valence electrons. The third-order valence-electron chi connectivity index (χ3n) is 6.08. The summed E-state index contributed by atoms with van der Waals surface area (Å²) in [5, 5.41) is 5.59. The van der Waals surface area contributed by atoms with Crippen LogP contribution in [-0.2, 0) is 19.6 Å². The van der Waals surface area contributed by atoms with Gasteiger partial charge in [-0.2, -0.15) is 4.31 Å². The fraction of sp³-hybridized carbons (Fsp3) is 0.391. The minimum atomic E-state index is -3.96. The third-order valence-corrected chi connectivity index (χ3v) is 8.13. The van der Waals surface area contributed by atoms with Crippen molar-refractivity contribution in [1.82, 2.24) is 4.31 Å². The summed E-state index contributed by atoms with van der Waals surface area (Å²) in [6.45, 7) is 7.47. The standard InChI is InChI=1S/C23H27N3O5S/c1-13-7-8-17(10-14(13)2)24-23(28)19-6-5-9-26(19)32(29,30)21-12-20-18(11-15(21)3)25-22(27)16(4)31-20/h7-8,10-12,16,19H,5-6,9H2,1-4H3,(H,24,28)(H,25,27). The molecule has 2 aromatic carbocycles. The van der Waals surface area contributed by atoms with Crippen molar-refractivity contribution in [1.29, 1.82) is 0 Å². The van der Waals surface area contributed by atoms with Crippen LogP contribution in [0.3, 0.4) is 0 Å². The molecule has 2 atom stereocenters. The van der Waals surface area contributed by atoms with E-state index in [1.807, 2.05) is 32.0 Å². The summed E-state index contributed by atoms with van der Waals surface area (Å²) in [7, 11) is -3.96. The molecule has 1 saturated heterocycles. The summed E-state index contributed by atoms with van der Waals surface area (Å²) in [6.07, 6.45) is 0.324. The Kier molecular flexibility index (Phi) is 5.72. The zero-order valence-corrected chi connectivity index (χ0v) is 19.4. The highest BCUT2D eigenvalue weighted by atomic mass is 32.2. The van der Waals surface area contributed by atoms with Gasteiger partial charge in [0.1, 0.15) is 11.8 Å². The molecule has 2 unspecified atom stereocenters. The van der Waals surface area contributed by atoms with Crippen LogP contribution in [0.25, 0.3) is 0 Å². The van der Waals surface area contributed by atoms with Crippen LogP contribution in [0.15, 0.2) is 35.2 Å². The van der Waals surface area contributed by atoms with E-state index >= 15 is 0 Å². The van der Waals surface area contributed by atoms with Crippen LogP contribution in [0.5, 0.6) is 5.75 Å². The Morgan fingerprint density at radius 1 is 1.12 bits per heavy atom. The highest BCUT2D eigenvalue weighted by Gasteiger charge is 2.40. The second-order valence-electron chi connectivity index (χ2n) is 8.43. The molecule has 2 aromatic rings. The van der Waals surface area contributed by atoms with Gasteiger partial charge in [0.25, 0.3) is 5.91 Å². The van der Waals surface area contributed by atoms with Gasteiger partial charge in [0.05, 0.1) is 10.6 Å². The molecule has 9 heteroatoms. The van der Waals surface area contributed by atoms with Crippen LogP contribution >= 0.6 is 0 Å². The molecule has 1 fully saturated rings. The van der Waals surface area contributed by atoms with E-state index in [1.165, 1.54) is 10.4 Å². The van der Waals surface area contributed by atoms with Crippen LogP contribution in [0, 0.1) is 20.8 Å². The fourth-order valence-corrected chi connectivity index (χ4v) is 5.96. The molecule has 0 radical (unpaired) electrons. The van der Waals surface area contributed by atoms with Crippen molar-refractivity contribution < 1.29 is 22.7 Å². The molecule has 4 rings (SSSR count). The molecule has 2 aliphatic heterocycles. The first-order chi connectivity index (χ1) is 15.1. The van der Waals surface area contributed by atoms with Crippen molar-refractivity contribution >= 4 is 33.2 Å². The van der Waals surface area contributed by atoms with Crippen molar-refractivity contribution in [2.75, 3.05) is 17.2 Å². The van der Waals surface area contributed by atoms with Crippen LogP contribution < -0.4 is 15.4 Å². The Labute approximate surface area is 188 Å². The number of benzene rings is 2. The number of nitrogens with zero attached hydrogens (tertiary/aromatic N) is 1. The summed E-state index contributed by atoms with van der Waals surface area (Å²) in [4.78, 5) is 24.9. The summed E-state index contributed by atoms with van der Waals surface area (Å²) in [5.74, 6) is -0.325. The lowest BCUT2D eigenvalue weighted by molar-refractivity contribution is -0.122. The molecule has 0 bridgehead atoms. The van der Waals surface area contributed by atoms with Gasteiger partial charge in [-0.3, -0.25) is 9.59 Å². The molecule has 8 nitrogen and oxygen atoms in total. The Bertz CT molecular complexity index is 1210. The van der Waals surface area contributed by atoms with Crippen molar-refractivity contribution in [3.05, 3.63) is 47.0 Å². The Hall–Kier alpha value is -2.91. The maximum atomic E-state index is 13.6. The van der Waals surface area contributed by atoms with E-state index in [1.54, 1.807) is 19.9 Å². The lowest BCUT2D eigenvalue weighted by Crippen LogP contribution is -2.43. The van der Waals surface area contributed by atoms with Gasteiger partial charge < -0.3 is 15.4 Å². The van der Waals surface area contributed by atoms with Crippen molar-refractivity contribution in [3.8, 4) is 5.75 Å². The zero-order chi connectivity index (χ0) is 23.2. The highest BCUT2D eigenvalue weighted by molar-refractivity contribution is 7.89. The number of rotatable bonds is 4. The predicted molar refractivity (Wildman–Crippen MR) is 121 cm³/mol. The lowest BCUT2D eigenvalue weighted by Gasteiger charge is -2.27. The number of sulfonamides is 1. The van der Waals surface area contributed by atoms with Gasteiger partial charge in [-0.25, -0.2) is 8.42 Å². The van der Waals surface area contributed by atoms with Crippen LogP contribution in [0.2, 0.25) is 0 Å². The van der Waals surface area contributed by atoms with E-state index < -0.39 is 22.2 Å². The fourth-order valence-electron chi connectivity index (χ4n) is 4.08. The summed E-state index contributed by atoms with van der Waals surface area (Å²) < 4.78 is 34.0. The number of hydrogen-bond donors (Lipinski definition) is 2. The van der Waals surface area contributed by atoms with Crippen molar-refractivity contribution in [2.24, 2.45) is 0 Å². The van der Waals surface area contributed by atoms with E-state index in [4.69, 9.17) is 4.74 Å². The summed E-state index contributed by atoms with van der Waals surface area (Å²) in [5.41, 5.74) is 3.72. The quantitative estimate of drug-likeness (QED) is 0.734. The molecule has 2 amide bonds. The highest BCUT2D eigenvalue weighted by Crippen LogP contribution is 2.37. The lowest BCUT2D eigenvalue weighted by atomic mass is 10.1. The Morgan fingerprint density at radius 2 is 1.88 bits per heavy atom. The molecule has 2 heterocycles. The largest absolute Gasteiger partial charge is 0.479 e. The molecule has 2 N–H and O–H groups in total. The first kappa shape index (κ1) is 22.3. The van der Waals surface area contributed by atoms with Gasteiger partial charge in [-0.05, 0) is 75.4 Å². The van der Waals surface area contributed by atoms with Crippen LogP contribution in [0.1, 0.15) is 36.5 Å². The van der Waals surface area contributed by atoms with Gasteiger partial charge in [0.15, 0.2) is 6.10 Å². The molecule has 0 saturated carbocycles. The number of fused-ring (bicyclic) bond motifs is 1. The predicted octanol–water partition coefficient (Wildman–Crippen LogP) is 3.12.